The number of carbonyl (C=O) groups is 1. The number of hydrogen-bond donors (Lipinski definition) is 1. The molecule has 0 aliphatic carbocycles. The molecule has 0 aliphatic rings. The van der Waals surface area contributed by atoms with Crippen LogP contribution in [0.25, 0.3) is 10.9 Å². The molecule has 160 valence electrons. The molecule has 0 fully saturated rings. The smallest absolute Gasteiger partial charge is 0.357 e. The number of rotatable bonds is 6. The number of pyridine rings is 1. The minimum Gasteiger partial charge on any atom is -0.357 e. The third kappa shape index (κ3) is 4.55. The van der Waals surface area contributed by atoms with Crippen molar-refractivity contribution in [2.45, 2.75) is 40.4 Å². The van der Waals surface area contributed by atoms with Crippen molar-refractivity contribution >= 4 is 28.3 Å². The molecule has 0 bridgehead atoms. The van der Waals surface area contributed by atoms with Crippen LogP contribution in [0.15, 0.2) is 30.3 Å². The Morgan fingerprint density at radius 3 is 2.43 bits per heavy atom. The van der Waals surface area contributed by atoms with Crippen molar-refractivity contribution in [2.75, 3.05) is 23.3 Å². The van der Waals surface area contributed by atoms with Gasteiger partial charge in [0.15, 0.2) is 5.69 Å². The highest BCUT2D eigenvalue weighted by molar-refractivity contribution is 5.94. The zero-order valence-corrected chi connectivity index (χ0v) is 17.3. The van der Waals surface area contributed by atoms with Gasteiger partial charge in [0.05, 0.1) is 5.52 Å². The van der Waals surface area contributed by atoms with E-state index in [9.17, 15) is 18.0 Å². The number of halogens is 3. The Hall–Kier alpha value is -3.10. The molecule has 0 radical (unpaired) electrons. The summed E-state index contributed by atoms with van der Waals surface area (Å²) in [5.41, 5.74) is 1.64. The van der Waals surface area contributed by atoms with Crippen LogP contribution in [0.3, 0.4) is 0 Å². The van der Waals surface area contributed by atoms with Gasteiger partial charge in [-0.15, -0.1) is 0 Å². The third-order valence-corrected chi connectivity index (χ3v) is 4.94. The Bertz CT molecular complexity index is 1070. The van der Waals surface area contributed by atoms with Gasteiger partial charge in [-0.05, 0) is 63.6 Å². The van der Waals surface area contributed by atoms with Gasteiger partial charge in [-0.25, -0.2) is 4.98 Å². The molecule has 30 heavy (non-hydrogen) atoms. The Labute approximate surface area is 172 Å². The van der Waals surface area contributed by atoms with E-state index in [-0.39, 0.29) is 12.2 Å². The van der Waals surface area contributed by atoms with Crippen molar-refractivity contribution < 1.29 is 18.0 Å². The van der Waals surface area contributed by atoms with E-state index in [0.717, 1.165) is 46.1 Å². The first kappa shape index (κ1) is 21.6. The predicted octanol–water partition coefficient (Wildman–Crippen LogP) is 4.55. The van der Waals surface area contributed by atoms with E-state index < -0.39 is 17.8 Å². The van der Waals surface area contributed by atoms with Crippen molar-refractivity contribution in [1.29, 1.82) is 0 Å². The number of hydrogen-bond acceptors (Lipinski definition) is 4. The van der Waals surface area contributed by atoms with Gasteiger partial charge in [0.1, 0.15) is 12.4 Å². The average Bonchev–Trinajstić information content (AvgIpc) is 3.04. The second kappa shape index (κ2) is 8.33. The maximum Gasteiger partial charge on any atom is 0.435 e. The van der Waals surface area contributed by atoms with Crippen molar-refractivity contribution in [2.24, 2.45) is 0 Å². The first-order valence-corrected chi connectivity index (χ1v) is 9.70. The molecule has 2 aromatic heterocycles. The predicted molar refractivity (Wildman–Crippen MR) is 111 cm³/mol. The molecule has 0 saturated carbocycles. The zero-order chi connectivity index (χ0) is 22.1. The van der Waals surface area contributed by atoms with Crippen LogP contribution in [-0.4, -0.2) is 33.8 Å². The highest BCUT2D eigenvalue weighted by Crippen LogP contribution is 2.28. The van der Waals surface area contributed by atoms with Crippen LogP contribution >= 0.6 is 0 Å². The lowest BCUT2D eigenvalue weighted by molar-refractivity contribution is -0.141. The Morgan fingerprint density at radius 1 is 1.13 bits per heavy atom. The molecule has 1 N–H and O–H groups in total. The summed E-state index contributed by atoms with van der Waals surface area (Å²) in [5, 5.41) is 7.11. The first-order valence-electron chi connectivity index (χ1n) is 9.70. The molecule has 1 amide bonds. The van der Waals surface area contributed by atoms with E-state index in [1.54, 1.807) is 6.07 Å². The summed E-state index contributed by atoms with van der Waals surface area (Å²) < 4.78 is 39.4. The Kier molecular flexibility index (Phi) is 6.00. The molecule has 3 rings (SSSR count). The van der Waals surface area contributed by atoms with E-state index in [4.69, 9.17) is 4.98 Å². The van der Waals surface area contributed by atoms with Crippen LogP contribution in [0.5, 0.6) is 0 Å². The lowest BCUT2D eigenvalue weighted by Crippen LogP contribution is -2.23. The van der Waals surface area contributed by atoms with Gasteiger partial charge < -0.3 is 10.2 Å². The van der Waals surface area contributed by atoms with Gasteiger partial charge in [-0.2, -0.15) is 18.3 Å². The second-order valence-corrected chi connectivity index (χ2v) is 7.08. The number of aryl methyl sites for hydroxylation is 2. The second-order valence-electron chi connectivity index (χ2n) is 7.08. The van der Waals surface area contributed by atoms with Crippen molar-refractivity contribution in [3.05, 3.63) is 47.3 Å². The topological polar surface area (TPSA) is 63.1 Å². The highest BCUT2D eigenvalue weighted by Gasteiger charge is 2.34. The lowest BCUT2D eigenvalue weighted by Gasteiger charge is -2.21. The quantitative estimate of drug-likeness (QED) is 0.637. The number of aromatic nitrogens is 3. The van der Waals surface area contributed by atoms with Crippen LogP contribution in [0.1, 0.15) is 30.8 Å². The summed E-state index contributed by atoms with van der Waals surface area (Å²) in [6.07, 6.45) is -4.54. The molecule has 3 aromatic rings. The van der Waals surface area contributed by atoms with Crippen LogP contribution < -0.4 is 10.2 Å². The van der Waals surface area contributed by atoms with Gasteiger partial charge in [-0.3, -0.25) is 9.48 Å². The summed E-state index contributed by atoms with van der Waals surface area (Å²) >= 11 is 0. The van der Waals surface area contributed by atoms with Gasteiger partial charge in [0, 0.05) is 29.9 Å². The number of nitrogens with one attached hydrogen (secondary N) is 1. The summed E-state index contributed by atoms with van der Waals surface area (Å²) in [6, 6.07) is 8.30. The monoisotopic (exact) mass is 419 g/mol. The van der Waals surface area contributed by atoms with Crippen LogP contribution in [-0.2, 0) is 17.5 Å². The number of nitrogens with zero attached hydrogens (tertiary/aromatic N) is 4. The molecular weight excluding hydrogens is 395 g/mol. The summed E-state index contributed by atoms with van der Waals surface area (Å²) in [6.45, 7) is 9.00. The summed E-state index contributed by atoms with van der Waals surface area (Å²) in [7, 11) is 0. The summed E-state index contributed by atoms with van der Waals surface area (Å²) in [4.78, 5) is 19.2. The van der Waals surface area contributed by atoms with Gasteiger partial charge >= 0.3 is 6.18 Å². The molecule has 2 heterocycles. The Morgan fingerprint density at radius 2 is 1.83 bits per heavy atom. The first-order chi connectivity index (χ1) is 14.1. The largest absolute Gasteiger partial charge is 0.435 e. The number of alkyl halides is 3. The molecule has 9 heteroatoms. The van der Waals surface area contributed by atoms with Crippen LogP contribution in [0, 0.1) is 13.8 Å². The fraction of sp³-hybridized carbons (Fsp3) is 0.381. The molecule has 0 unspecified atom stereocenters. The van der Waals surface area contributed by atoms with Crippen LogP contribution in [0.4, 0.5) is 24.7 Å². The van der Waals surface area contributed by atoms with E-state index >= 15 is 0 Å². The fourth-order valence-corrected chi connectivity index (χ4v) is 3.31. The molecule has 0 aliphatic heterocycles. The van der Waals surface area contributed by atoms with E-state index in [2.05, 4.69) is 29.2 Å². The molecular formula is C21H24F3N5O. The van der Waals surface area contributed by atoms with Crippen molar-refractivity contribution in [1.82, 2.24) is 14.8 Å². The lowest BCUT2D eigenvalue weighted by atomic mass is 10.1. The standard InChI is InChI=1S/C21H24F3N5O/c1-5-28(6-2)19-9-13(3)16-11-15(7-8-17(16)26-19)25-20(30)12-29-14(4)10-18(27-29)21(22,23)24/h7-11H,5-6,12H2,1-4H3,(H,25,30). The maximum absolute atomic E-state index is 12.8. The Balaban J connectivity index is 1.79. The van der Waals surface area contributed by atoms with Crippen molar-refractivity contribution in [3.63, 3.8) is 0 Å². The molecule has 6 nitrogen and oxygen atoms in total. The van der Waals surface area contributed by atoms with E-state index in [1.807, 2.05) is 25.1 Å². The molecule has 0 saturated heterocycles. The zero-order valence-electron chi connectivity index (χ0n) is 17.3. The minimum atomic E-state index is -4.54. The van der Waals surface area contributed by atoms with Crippen molar-refractivity contribution in [3.8, 4) is 0 Å². The fourth-order valence-electron chi connectivity index (χ4n) is 3.31. The van der Waals surface area contributed by atoms with Gasteiger partial charge in [0.2, 0.25) is 5.91 Å². The summed E-state index contributed by atoms with van der Waals surface area (Å²) in [5.74, 6) is 0.441. The third-order valence-electron chi connectivity index (χ3n) is 4.94. The van der Waals surface area contributed by atoms with E-state index in [0.29, 0.717) is 5.69 Å². The highest BCUT2D eigenvalue weighted by atomic mass is 19.4. The minimum absolute atomic E-state index is 0.264. The number of anilines is 2. The SMILES string of the molecule is CCN(CC)c1cc(C)c2cc(NC(=O)Cn3nc(C(F)(F)F)cc3C)ccc2n1. The number of carbonyl (C=O) groups excluding carboxylic acids is 1. The van der Waals surface area contributed by atoms with Gasteiger partial charge in [0.25, 0.3) is 0 Å². The average molecular weight is 419 g/mol. The number of fused-ring (bicyclic) bond motifs is 1. The molecule has 0 atom stereocenters. The normalized spacial score (nSPS) is 11.7. The molecule has 1 aromatic carbocycles. The van der Waals surface area contributed by atoms with Crippen LogP contribution in [0.2, 0.25) is 0 Å². The number of benzene rings is 1. The molecule has 0 spiro atoms. The van der Waals surface area contributed by atoms with E-state index in [1.165, 1.54) is 6.92 Å². The van der Waals surface area contributed by atoms with Gasteiger partial charge in [-0.1, -0.05) is 0 Å². The maximum atomic E-state index is 12.8. The number of amides is 1.